The molecular formula is C20H20ClN3O2. The molecule has 0 radical (unpaired) electrons. The third kappa shape index (κ3) is 5.63. The van der Waals surface area contributed by atoms with Gasteiger partial charge in [0.05, 0.1) is 19.5 Å². The predicted molar refractivity (Wildman–Crippen MR) is 103 cm³/mol. The second-order valence-electron chi connectivity index (χ2n) is 5.63. The minimum Gasteiger partial charge on any atom is -0.493 e. The highest BCUT2D eigenvalue weighted by Crippen LogP contribution is 2.15. The van der Waals surface area contributed by atoms with Crippen molar-refractivity contribution in [2.24, 2.45) is 5.16 Å². The fraction of sp³-hybridized carbons (Fsp3) is 0.200. The van der Waals surface area contributed by atoms with Gasteiger partial charge in [0.15, 0.2) is 0 Å². The molecule has 6 heteroatoms. The fourth-order valence-electron chi connectivity index (χ4n) is 2.32. The van der Waals surface area contributed by atoms with E-state index in [9.17, 15) is 0 Å². The Morgan fingerprint density at radius 1 is 1.04 bits per heavy atom. The molecule has 1 aromatic heterocycles. The minimum absolute atomic E-state index is 0.480. The normalized spacial score (nSPS) is 11.3. The quantitative estimate of drug-likeness (QED) is 0.318. The van der Waals surface area contributed by atoms with Crippen LogP contribution >= 0.6 is 11.6 Å². The Labute approximate surface area is 157 Å². The van der Waals surface area contributed by atoms with Crippen molar-refractivity contribution in [2.45, 2.75) is 13.0 Å². The van der Waals surface area contributed by atoms with E-state index in [1.54, 1.807) is 24.7 Å². The van der Waals surface area contributed by atoms with Crippen molar-refractivity contribution in [3.63, 3.8) is 0 Å². The SMILES string of the molecule is Clc1ccc(OCCCO/N=C(/Cn2ccnc2)c2ccccc2)cc1. The highest BCUT2D eigenvalue weighted by molar-refractivity contribution is 6.30. The van der Waals surface area contributed by atoms with Crippen molar-refractivity contribution >= 4 is 17.3 Å². The van der Waals surface area contributed by atoms with Gasteiger partial charge in [0.2, 0.25) is 0 Å². The summed E-state index contributed by atoms with van der Waals surface area (Å²) in [4.78, 5) is 9.58. The number of hydrogen-bond donors (Lipinski definition) is 0. The lowest BCUT2D eigenvalue weighted by Crippen LogP contribution is -2.11. The van der Waals surface area contributed by atoms with Gasteiger partial charge >= 0.3 is 0 Å². The summed E-state index contributed by atoms with van der Waals surface area (Å²) in [5.41, 5.74) is 1.88. The first kappa shape index (κ1) is 18.0. The van der Waals surface area contributed by atoms with E-state index in [2.05, 4.69) is 10.1 Å². The van der Waals surface area contributed by atoms with Crippen LogP contribution in [0.25, 0.3) is 0 Å². The highest BCUT2D eigenvalue weighted by atomic mass is 35.5. The first-order valence-corrected chi connectivity index (χ1v) is 8.77. The van der Waals surface area contributed by atoms with Crippen molar-refractivity contribution in [3.8, 4) is 5.75 Å². The van der Waals surface area contributed by atoms with E-state index in [0.717, 1.165) is 23.4 Å². The third-order valence-corrected chi connectivity index (χ3v) is 3.89. The van der Waals surface area contributed by atoms with Crippen molar-refractivity contribution < 1.29 is 9.57 Å². The monoisotopic (exact) mass is 369 g/mol. The Hall–Kier alpha value is -2.79. The zero-order valence-corrected chi connectivity index (χ0v) is 15.0. The van der Waals surface area contributed by atoms with E-state index in [-0.39, 0.29) is 0 Å². The average molecular weight is 370 g/mol. The standard InChI is InChI=1S/C20H20ClN3O2/c21-18-7-9-19(10-8-18)25-13-4-14-26-23-20(15-24-12-11-22-16-24)17-5-2-1-3-6-17/h1-3,5-12,16H,4,13-15H2/b23-20-. The number of rotatable bonds is 9. The van der Waals surface area contributed by atoms with Crippen LogP contribution in [-0.4, -0.2) is 28.5 Å². The molecule has 134 valence electrons. The Morgan fingerprint density at radius 2 is 1.85 bits per heavy atom. The molecule has 1 heterocycles. The molecule has 2 aromatic carbocycles. The number of hydrogen-bond acceptors (Lipinski definition) is 4. The van der Waals surface area contributed by atoms with Crippen LogP contribution in [0.15, 0.2) is 78.5 Å². The Balaban J connectivity index is 1.49. The first-order chi connectivity index (χ1) is 12.8. The second kappa shape index (κ2) is 9.63. The van der Waals surface area contributed by atoms with Crippen LogP contribution in [0.5, 0.6) is 5.75 Å². The summed E-state index contributed by atoms with van der Waals surface area (Å²) in [6.07, 6.45) is 6.15. The molecule has 0 amide bonds. The van der Waals surface area contributed by atoms with E-state index >= 15 is 0 Å². The Bertz CT molecular complexity index is 803. The second-order valence-corrected chi connectivity index (χ2v) is 6.06. The van der Waals surface area contributed by atoms with Gasteiger partial charge in [-0.15, -0.1) is 0 Å². The van der Waals surface area contributed by atoms with Crippen molar-refractivity contribution in [1.29, 1.82) is 0 Å². The molecule has 3 rings (SSSR count). The van der Waals surface area contributed by atoms with Crippen LogP contribution in [0.2, 0.25) is 5.02 Å². The van der Waals surface area contributed by atoms with Crippen molar-refractivity contribution in [3.05, 3.63) is 83.9 Å². The van der Waals surface area contributed by atoms with Crippen LogP contribution in [0.3, 0.4) is 0 Å². The topological polar surface area (TPSA) is 48.6 Å². The lowest BCUT2D eigenvalue weighted by molar-refractivity contribution is 0.127. The molecule has 5 nitrogen and oxygen atoms in total. The van der Waals surface area contributed by atoms with Crippen molar-refractivity contribution in [1.82, 2.24) is 9.55 Å². The molecule has 3 aromatic rings. The maximum Gasteiger partial charge on any atom is 0.120 e. The molecule has 0 bridgehead atoms. The maximum atomic E-state index is 5.85. The van der Waals surface area contributed by atoms with Gasteiger partial charge in [-0.1, -0.05) is 47.1 Å². The maximum absolute atomic E-state index is 5.85. The molecule has 0 atom stereocenters. The highest BCUT2D eigenvalue weighted by Gasteiger charge is 2.05. The summed E-state index contributed by atoms with van der Waals surface area (Å²) >= 11 is 5.85. The number of oxime groups is 1. The number of ether oxygens (including phenoxy) is 1. The third-order valence-electron chi connectivity index (χ3n) is 3.64. The van der Waals surface area contributed by atoms with Crippen LogP contribution in [0, 0.1) is 0 Å². The summed E-state index contributed by atoms with van der Waals surface area (Å²) in [5, 5.41) is 5.02. The molecule has 0 saturated carbocycles. The lowest BCUT2D eigenvalue weighted by Gasteiger charge is -2.09. The smallest absolute Gasteiger partial charge is 0.120 e. The molecule has 26 heavy (non-hydrogen) atoms. The molecule has 0 aliphatic carbocycles. The number of aromatic nitrogens is 2. The van der Waals surface area contributed by atoms with Crippen LogP contribution in [0.4, 0.5) is 0 Å². The molecular weight excluding hydrogens is 350 g/mol. The Morgan fingerprint density at radius 3 is 2.58 bits per heavy atom. The number of benzene rings is 2. The molecule has 0 aliphatic rings. The number of halogens is 1. The van der Waals surface area contributed by atoms with E-state index in [0.29, 0.717) is 24.8 Å². The van der Waals surface area contributed by atoms with Gasteiger partial charge in [0.1, 0.15) is 18.1 Å². The summed E-state index contributed by atoms with van der Waals surface area (Å²) < 4.78 is 7.60. The van der Waals surface area contributed by atoms with Gasteiger partial charge in [-0.2, -0.15) is 0 Å². The van der Waals surface area contributed by atoms with E-state index in [4.69, 9.17) is 21.2 Å². The number of nitrogens with zero attached hydrogens (tertiary/aromatic N) is 3. The van der Waals surface area contributed by atoms with Gasteiger partial charge in [-0.25, -0.2) is 4.98 Å². The molecule has 0 fully saturated rings. The van der Waals surface area contributed by atoms with Gasteiger partial charge in [-0.3, -0.25) is 0 Å². The van der Waals surface area contributed by atoms with Crippen LogP contribution < -0.4 is 4.74 Å². The largest absolute Gasteiger partial charge is 0.493 e. The molecule has 0 spiro atoms. The van der Waals surface area contributed by atoms with Gasteiger partial charge in [0, 0.05) is 29.4 Å². The van der Waals surface area contributed by atoms with Crippen LogP contribution in [-0.2, 0) is 11.4 Å². The first-order valence-electron chi connectivity index (χ1n) is 8.39. The predicted octanol–water partition coefficient (Wildman–Crippen LogP) is 4.43. The van der Waals surface area contributed by atoms with Gasteiger partial charge in [0.25, 0.3) is 0 Å². The van der Waals surface area contributed by atoms with E-state index < -0.39 is 0 Å². The van der Waals surface area contributed by atoms with Gasteiger partial charge in [-0.05, 0) is 24.3 Å². The fourth-order valence-corrected chi connectivity index (χ4v) is 2.45. The molecule has 0 aliphatic heterocycles. The van der Waals surface area contributed by atoms with E-state index in [1.165, 1.54) is 0 Å². The minimum atomic E-state index is 0.480. The molecule has 0 saturated heterocycles. The summed E-state index contributed by atoms with van der Waals surface area (Å²) in [6, 6.07) is 17.3. The van der Waals surface area contributed by atoms with E-state index in [1.807, 2.05) is 53.2 Å². The van der Waals surface area contributed by atoms with Crippen LogP contribution in [0.1, 0.15) is 12.0 Å². The lowest BCUT2D eigenvalue weighted by atomic mass is 10.1. The van der Waals surface area contributed by atoms with Crippen molar-refractivity contribution in [2.75, 3.05) is 13.2 Å². The zero-order chi connectivity index (χ0) is 18.0. The summed E-state index contributed by atoms with van der Waals surface area (Å²) in [7, 11) is 0. The molecule has 0 unspecified atom stereocenters. The summed E-state index contributed by atoms with van der Waals surface area (Å²) in [5.74, 6) is 0.794. The zero-order valence-electron chi connectivity index (χ0n) is 14.3. The summed E-state index contributed by atoms with van der Waals surface area (Å²) in [6.45, 7) is 1.64. The Kier molecular flexibility index (Phi) is 6.67. The van der Waals surface area contributed by atoms with Gasteiger partial charge < -0.3 is 14.1 Å². The molecule has 0 N–H and O–H groups in total. The average Bonchev–Trinajstić information content (AvgIpc) is 3.19. The number of imidazole rings is 1.